The average Bonchev–Trinajstić information content (AvgIpc) is 2.66. The summed E-state index contributed by atoms with van der Waals surface area (Å²) in [6.45, 7) is 7.92. The molecule has 1 amide bonds. The zero-order chi connectivity index (χ0) is 19.7. The molecule has 2 unspecified atom stereocenters. The van der Waals surface area contributed by atoms with Crippen LogP contribution in [-0.4, -0.2) is 61.4 Å². The minimum atomic E-state index is -0.551. The van der Waals surface area contributed by atoms with Crippen LogP contribution in [-0.2, 0) is 16.0 Å². The highest BCUT2D eigenvalue weighted by atomic mass is 16.5. The fourth-order valence-corrected chi connectivity index (χ4v) is 4.40. The van der Waals surface area contributed by atoms with Crippen LogP contribution in [0.3, 0.4) is 0 Å². The third-order valence-corrected chi connectivity index (χ3v) is 5.86. The minimum Gasteiger partial charge on any atom is -0.493 e. The molecule has 0 radical (unpaired) electrons. The van der Waals surface area contributed by atoms with Crippen molar-refractivity contribution in [2.24, 2.45) is 5.92 Å². The largest absolute Gasteiger partial charge is 0.493 e. The third kappa shape index (κ3) is 3.55. The molecule has 148 valence electrons. The lowest BCUT2D eigenvalue weighted by Gasteiger charge is -2.43. The summed E-state index contributed by atoms with van der Waals surface area (Å²) in [5.74, 6) is 0.860. The average molecular weight is 374 g/mol. The smallest absolute Gasteiger partial charge is 0.234 e. The number of Topliss-reactive ketones (excluding diaryl/α,β-unsaturated/α-hetero) is 1. The van der Waals surface area contributed by atoms with E-state index in [1.54, 1.807) is 19.1 Å². The van der Waals surface area contributed by atoms with E-state index in [1.807, 2.05) is 32.9 Å². The Bertz CT molecular complexity index is 731. The van der Waals surface area contributed by atoms with Gasteiger partial charge in [0.15, 0.2) is 11.5 Å². The number of methoxy groups -OCH3 is 2. The molecule has 0 spiro atoms. The van der Waals surface area contributed by atoms with Crippen LogP contribution in [0.1, 0.15) is 44.4 Å². The normalized spacial score (nSPS) is 22.2. The molecule has 0 saturated carbocycles. The zero-order valence-electron chi connectivity index (χ0n) is 16.9. The molecule has 6 heteroatoms. The maximum Gasteiger partial charge on any atom is 0.234 e. The number of piperidine rings is 1. The Balaban J connectivity index is 1.86. The predicted octanol–water partition coefficient (Wildman–Crippen LogP) is 2.45. The second-order valence-electron chi connectivity index (χ2n) is 7.61. The second kappa shape index (κ2) is 7.89. The Morgan fingerprint density at radius 1 is 1.26 bits per heavy atom. The SMILES string of the molecule is CCN(C(=O)C1CN2CCc3cc(OC)c(OC)cc3C2CC1=O)C(C)C. The molecule has 2 heterocycles. The topological polar surface area (TPSA) is 59.1 Å². The Hall–Kier alpha value is -2.08. The first-order chi connectivity index (χ1) is 12.9. The van der Waals surface area contributed by atoms with Crippen LogP contribution in [0.4, 0.5) is 0 Å². The van der Waals surface area contributed by atoms with Crippen molar-refractivity contribution in [2.75, 3.05) is 33.9 Å². The standard InChI is InChI=1S/C21H30N2O4/c1-6-23(13(2)3)21(25)16-12-22-8-7-14-9-19(26-4)20(27-5)10-15(14)17(22)11-18(16)24/h9-10,13,16-17H,6-8,11-12H2,1-5H3. The Kier molecular flexibility index (Phi) is 5.75. The number of rotatable bonds is 5. The van der Waals surface area contributed by atoms with Gasteiger partial charge in [-0.25, -0.2) is 0 Å². The molecule has 6 nitrogen and oxygen atoms in total. The predicted molar refractivity (Wildman–Crippen MR) is 103 cm³/mol. The van der Waals surface area contributed by atoms with Crippen LogP contribution in [0, 0.1) is 5.92 Å². The van der Waals surface area contributed by atoms with Crippen molar-refractivity contribution in [3.05, 3.63) is 23.3 Å². The number of carbonyl (C=O) groups is 2. The summed E-state index contributed by atoms with van der Waals surface area (Å²) in [6.07, 6.45) is 1.25. The lowest BCUT2D eigenvalue weighted by molar-refractivity contribution is -0.146. The molecule has 27 heavy (non-hydrogen) atoms. The summed E-state index contributed by atoms with van der Waals surface area (Å²) in [4.78, 5) is 29.9. The van der Waals surface area contributed by atoms with Crippen molar-refractivity contribution >= 4 is 11.7 Å². The monoisotopic (exact) mass is 374 g/mol. The molecular formula is C21H30N2O4. The van der Waals surface area contributed by atoms with Crippen LogP contribution in [0.15, 0.2) is 12.1 Å². The summed E-state index contributed by atoms with van der Waals surface area (Å²) in [5.41, 5.74) is 2.32. The molecule has 1 aromatic rings. The maximum atomic E-state index is 12.9. The van der Waals surface area contributed by atoms with Crippen LogP contribution in [0.25, 0.3) is 0 Å². The van der Waals surface area contributed by atoms with E-state index in [4.69, 9.17) is 9.47 Å². The lowest BCUT2D eigenvalue weighted by atomic mass is 9.82. The van der Waals surface area contributed by atoms with E-state index in [0.29, 0.717) is 25.3 Å². The first-order valence-electron chi connectivity index (χ1n) is 9.73. The van der Waals surface area contributed by atoms with Gasteiger partial charge in [-0.3, -0.25) is 14.5 Å². The van der Waals surface area contributed by atoms with E-state index in [-0.39, 0.29) is 23.8 Å². The molecule has 0 bridgehead atoms. The molecule has 0 aliphatic carbocycles. The molecule has 1 saturated heterocycles. The molecule has 2 aliphatic heterocycles. The first kappa shape index (κ1) is 19.7. The lowest BCUT2D eigenvalue weighted by Crippen LogP contribution is -2.53. The summed E-state index contributed by atoms with van der Waals surface area (Å²) in [5, 5.41) is 0. The molecular weight excluding hydrogens is 344 g/mol. The minimum absolute atomic E-state index is 0.0132. The van der Waals surface area contributed by atoms with E-state index in [1.165, 1.54) is 5.56 Å². The number of carbonyl (C=O) groups excluding carboxylic acids is 2. The fraction of sp³-hybridized carbons (Fsp3) is 0.619. The van der Waals surface area contributed by atoms with E-state index in [9.17, 15) is 9.59 Å². The number of hydrogen-bond donors (Lipinski definition) is 0. The Labute approximate surface area is 161 Å². The van der Waals surface area contributed by atoms with E-state index in [0.717, 1.165) is 24.3 Å². The zero-order valence-corrected chi connectivity index (χ0v) is 16.9. The van der Waals surface area contributed by atoms with Crippen LogP contribution in [0.2, 0.25) is 0 Å². The number of fused-ring (bicyclic) bond motifs is 3. The highest BCUT2D eigenvalue weighted by Crippen LogP contribution is 2.42. The maximum absolute atomic E-state index is 12.9. The van der Waals surface area contributed by atoms with E-state index >= 15 is 0 Å². The summed E-state index contributed by atoms with van der Waals surface area (Å²) >= 11 is 0. The Morgan fingerprint density at radius 3 is 2.52 bits per heavy atom. The molecule has 1 aromatic carbocycles. The van der Waals surface area contributed by atoms with Crippen LogP contribution in [0.5, 0.6) is 11.5 Å². The van der Waals surface area contributed by atoms with Gasteiger partial charge in [0, 0.05) is 38.1 Å². The number of ether oxygens (including phenoxy) is 2. The van der Waals surface area contributed by atoms with Gasteiger partial charge in [0.25, 0.3) is 0 Å². The van der Waals surface area contributed by atoms with Gasteiger partial charge in [0.2, 0.25) is 5.91 Å². The van der Waals surface area contributed by atoms with Crippen molar-refractivity contribution in [3.8, 4) is 11.5 Å². The van der Waals surface area contributed by atoms with Gasteiger partial charge >= 0.3 is 0 Å². The van der Waals surface area contributed by atoms with Crippen LogP contribution >= 0.6 is 0 Å². The third-order valence-electron chi connectivity index (χ3n) is 5.86. The van der Waals surface area contributed by atoms with Gasteiger partial charge in [0.05, 0.1) is 14.2 Å². The summed E-state index contributed by atoms with van der Waals surface area (Å²) < 4.78 is 10.9. The number of hydrogen-bond acceptors (Lipinski definition) is 5. The van der Waals surface area contributed by atoms with E-state index < -0.39 is 5.92 Å². The highest BCUT2D eigenvalue weighted by molar-refractivity contribution is 6.02. The number of nitrogens with zero attached hydrogens (tertiary/aromatic N) is 2. The number of amides is 1. The van der Waals surface area contributed by atoms with Crippen molar-refractivity contribution < 1.29 is 19.1 Å². The molecule has 0 N–H and O–H groups in total. The van der Waals surface area contributed by atoms with E-state index in [2.05, 4.69) is 4.90 Å². The number of ketones is 1. The Morgan fingerprint density at radius 2 is 1.93 bits per heavy atom. The van der Waals surface area contributed by atoms with Gasteiger partial charge < -0.3 is 14.4 Å². The van der Waals surface area contributed by atoms with Crippen molar-refractivity contribution in [1.29, 1.82) is 0 Å². The van der Waals surface area contributed by atoms with Gasteiger partial charge in [-0.1, -0.05) is 0 Å². The fourth-order valence-electron chi connectivity index (χ4n) is 4.40. The van der Waals surface area contributed by atoms with Crippen molar-refractivity contribution in [3.63, 3.8) is 0 Å². The first-order valence-corrected chi connectivity index (χ1v) is 9.73. The summed E-state index contributed by atoms with van der Waals surface area (Å²) in [6, 6.07) is 4.13. The quantitative estimate of drug-likeness (QED) is 0.741. The van der Waals surface area contributed by atoms with Crippen molar-refractivity contribution in [1.82, 2.24) is 9.80 Å². The van der Waals surface area contributed by atoms with Gasteiger partial charge in [0.1, 0.15) is 11.7 Å². The molecule has 0 aromatic heterocycles. The van der Waals surface area contributed by atoms with Gasteiger partial charge in [-0.15, -0.1) is 0 Å². The highest BCUT2D eigenvalue weighted by Gasteiger charge is 2.42. The molecule has 2 atom stereocenters. The van der Waals surface area contributed by atoms with Crippen molar-refractivity contribution in [2.45, 2.75) is 45.7 Å². The van der Waals surface area contributed by atoms with Gasteiger partial charge in [-0.05, 0) is 50.5 Å². The molecule has 3 rings (SSSR count). The second-order valence-corrected chi connectivity index (χ2v) is 7.61. The van der Waals surface area contributed by atoms with Gasteiger partial charge in [-0.2, -0.15) is 0 Å². The molecule has 1 fully saturated rings. The summed E-state index contributed by atoms with van der Waals surface area (Å²) in [7, 11) is 3.25. The molecule has 2 aliphatic rings. The van der Waals surface area contributed by atoms with Crippen LogP contribution < -0.4 is 9.47 Å². The number of benzene rings is 1.